The second-order valence-electron chi connectivity index (χ2n) is 2.28. The van der Waals surface area contributed by atoms with Gasteiger partial charge in [-0.1, -0.05) is 0 Å². The first-order valence-electron chi connectivity index (χ1n) is 4.36. The first-order chi connectivity index (χ1) is 6.41. The fourth-order valence-electron chi connectivity index (χ4n) is 0.671. The molecule has 1 nitrogen and oxygen atoms in total. The van der Waals surface area contributed by atoms with Crippen LogP contribution in [0.15, 0.2) is 0 Å². The summed E-state index contributed by atoms with van der Waals surface area (Å²) >= 11 is 12.1. The van der Waals surface area contributed by atoms with Gasteiger partial charge in [0.15, 0.2) is 0 Å². The standard InChI is InChI=1S/C8H18OS4/c10-3-7-12-5-1-9-2-6-13-8-4-11/h10-11H,1-8H2. The van der Waals surface area contributed by atoms with E-state index in [4.69, 9.17) is 4.74 Å². The molecule has 0 spiro atoms. The summed E-state index contributed by atoms with van der Waals surface area (Å²) in [6.45, 7) is 1.75. The van der Waals surface area contributed by atoms with E-state index in [0.29, 0.717) is 0 Å². The van der Waals surface area contributed by atoms with Crippen molar-refractivity contribution in [2.45, 2.75) is 0 Å². The van der Waals surface area contributed by atoms with E-state index in [2.05, 4.69) is 25.3 Å². The third-order valence-electron chi connectivity index (χ3n) is 1.22. The van der Waals surface area contributed by atoms with Gasteiger partial charge in [0, 0.05) is 23.0 Å². The molecule has 13 heavy (non-hydrogen) atoms. The van der Waals surface area contributed by atoms with Gasteiger partial charge >= 0.3 is 0 Å². The van der Waals surface area contributed by atoms with Crippen LogP contribution in [-0.2, 0) is 4.74 Å². The van der Waals surface area contributed by atoms with Gasteiger partial charge in [0.25, 0.3) is 0 Å². The lowest BCUT2D eigenvalue weighted by atomic mass is 10.8. The molecule has 5 heteroatoms. The topological polar surface area (TPSA) is 9.23 Å². The molecule has 0 saturated heterocycles. The number of hydrogen-bond acceptors (Lipinski definition) is 5. The van der Waals surface area contributed by atoms with Crippen molar-refractivity contribution in [3.8, 4) is 0 Å². The Morgan fingerprint density at radius 1 is 0.769 bits per heavy atom. The molecule has 0 aliphatic heterocycles. The Labute approximate surface area is 101 Å². The molecule has 0 aliphatic rings. The molecule has 0 atom stereocenters. The third kappa shape index (κ3) is 13.4. The molecular weight excluding hydrogens is 240 g/mol. The van der Waals surface area contributed by atoms with Gasteiger partial charge in [0.05, 0.1) is 13.2 Å². The van der Waals surface area contributed by atoms with Gasteiger partial charge < -0.3 is 4.74 Å². The largest absolute Gasteiger partial charge is 0.380 e. The van der Waals surface area contributed by atoms with Gasteiger partial charge in [0.2, 0.25) is 0 Å². The summed E-state index contributed by atoms with van der Waals surface area (Å²) in [7, 11) is 0. The number of thiol groups is 2. The zero-order chi connectivity index (χ0) is 9.78. The van der Waals surface area contributed by atoms with Gasteiger partial charge in [-0.05, 0) is 11.5 Å². The summed E-state index contributed by atoms with van der Waals surface area (Å²) in [5, 5.41) is 0. The molecule has 0 aliphatic carbocycles. The molecule has 0 rings (SSSR count). The van der Waals surface area contributed by atoms with Crippen LogP contribution in [0.25, 0.3) is 0 Å². The Balaban J connectivity index is 2.76. The summed E-state index contributed by atoms with van der Waals surface area (Å²) in [5.74, 6) is 6.36. The average Bonchev–Trinajstić information content (AvgIpc) is 2.16. The van der Waals surface area contributed by atoms with Crippen LogP contribution in [0, 0.1) is 0 Å². The SMILES string of the molecule is SCCSCCOCCSCCS. The second-order valence-corrected chi connectivity index (χ2v) is 5.63. The van der Waals surface area contributed by atoms with Crippen molar-refractivity contribution in [3.05, 3.63) is 0 Å². The van der Waals surface area contributed by atoms with Crippen LogP contribution >= 0.6 is 48.8 Å². The lowest BCUT2D eigenvalue weighted by Crippen LogP contribution is -2.02. The van der Waals surface area contributed by atoms with Crippen molar-refractivity contribution in [3.63, 3.8) is 0 Å². The van der Waals surface area contributed by atoms with E-state index in [1.807, 2.05) is 23.5 Å². The van der Waals surface area contributed by atoms with Crippen molar-refractivity contribution in [2.24, 2.45) is 0 Å². The summed E-state index contributed by atoms with van der Waals surface area (Å²) in [6.07, 6.45) is 0. The van der Waals surface area contributed by atoms with Crippen LogP contribution in [0.3, 0.4) is 0 Å². The van der Waals surface area contributed by atoms with E-state index in [1.54, 1.807) is 0 Å². The molecule has 0 N–H and O–H groups in total. The van der Waals surface area contributed by atoms with Crippen LogP contribution in [0.4, 0.5) is 0 Å². The van der Waals surface area contributed by atoms with Crippen LogP contribution < -0.4 is 0 Å². The summed E-state index contributed by atoms with van der Waals surface area (Å²) in [4.78, 5) is 0. The van der Waals surface area contributed by atoms with E-state index >= 15 is 0 Å². The van der Waals surface area contributed by atoms with Crippen molar-refractivity contribution in [1.29, 1.82) is 0 Å². The minimum Gasteiger partial charge on any atom is -0.380 e. The maximum atomic E-state index is 5.44. The predicted octanol–water partition coefficient (Wildman–Crippen LogP) is 2.33. The minimum atomic E-state index is 0.875. The van der Waals surface area contributed by atoms with E-state index in [-0.39, 0.29) is 0 Å². The molecule has 0 heterocycles. The lowest BCUT2D eigenvalue weighted by molar-refractivity contribution is 0.167. The number of rotatable bonds is 10. The highest BCUT2D eigenvalue weighted by molar-refractivity contribution is 8.00. The van der Waals surface area contributed by atoms with E-state index < -0.39 is 0 Å². The molecular formula is C8H18OS4. The number of hydrogen-bond donors (Lipinski definition) is 2. The Morgan fingerprint density at radius 2 is 1.23 bits per heavy atom. The second kappa shape index (κ2) is 13.4. The minimum absolute atomic E-state index is 0.875. The molecule has 0 radical (unpaired) electrons. The highest BCUT2D eigenvalue weighted by Crippen LogP contribution is 2.02. The van der Waals surface area contributed by atoms with E-state index in [1.165, 1.54) is 0 Å². The first-order valence-corrected chi connectivity index (χ1v) is 7.94. The maximum absolute atomic E-state index is 5.44. The smallest absolute Gasteiger partial charge is 0.0557 e. The number of ether oxygens (including phenoxy) is 1. The van der Waals surface area contributed by atoms with Crippen LogP contribution in [-0.4, -0.2) is 47.7 Å². The van der Waals surface area contributed by atoms with Crippen LogP contribution in [0.5, 0.6) is 0 Å². The molecule has 0 fully saturated rings. The third-order valence-corrected chi connectivity index (χ3v) is 4.16. The first kappa shape index (κ1) is 14.4. The van der Waals surface area contributed by atoms with Crippen LogP contribution in [0.2, 0.25) is 0 Å². The highest BCUT2D eigenvalue weighted by atomic mass is 32.2. The number of thioether (sulfide) groups is 2. The molecule has 80 valence electrons. The van der Waals surface area contributed by atoms with Gasteiger partial charge in [0.1, 0.15) is 0 Å². The van der Waals surface area contributed by atoms with Gasteiger partial charge in [-0.3, -0.25) is 0 Å². The monoisotopic (exact) mass is 258 g/mol. The highest BCUT2D eigenvalue weighted by Gasteiger charge is 1.90. The molecule has 0 unspecified atom stereocenters. The van der Waals surface area contributed by atoms with E-state index in [0.717, 1.165) is 47.7 Å². The normalized spacial score (nSPS) is 10.6. The fraction of sp³-hybridized carbons (Fsp3) is 1.00. The maximum Gasteiger partial charge on any atom is 0.0557 e. The van der Waals surface area contributed by atoms with Crippen molar-refractivity contribution >= 4 is 48.8 Å². The summed E-state index contributed by atoms with van der Waals surface area (Å²) in [5.41, 5.74) is 0. The zero-order valence-corrected chi connectivity index (χ0v) is 11.2. The molecule has 0 amide bonds. The zero-order valence-electron chi connectivity index (χ0n) is 7.78. The van der Waals surface area contributed by atoms with Crippen molar-refractivity contribution in [1.82, 2.24) is 0 Å². The molecule has 0 aromatic rings. The van der Waals surface area contributed by atoms with Crippen LogP contribution in [0.1, 0.15) is 0 Å². The van der Waals surface area contributed by atoms with Crippen molar-refractivity contribution < 1.29 is 4.74 Å². The molecule has 0 aromatic carbocycles. The lowest BCUT2D eigenvalue weighted by Gasteiger charge is -2.02. The quantitative estimate of drug-likeness (QED) is 0.460. The van der Waals surface area contributed by atoms with Gasteiger partial charge in [-0.2, -0.15) is 48.8 Å². The average molecular weight is 258 g/mol. The Bertz CT molecular complexity index is 82.2. The Hall–Kier alpha value is 1.36. The van der Waals surface area contributed by atoms with Gasteiger partial charge in [-0.15, -0.1) is 0 Å². The predicted molar refractivity (Wildman–Crippen MR) is 73.2 cm³/mol. The Kier molecular flexibility index (Phi) is 14.8. The molecule has 0 saturated carbocycles. The summed E-state index contributed by atoms with van der Waals surface area (Å²) < 4.78 is 5.44. The van der Waals surface area contributed by atoms with Gasteiger partial charge in [-0.25, -0.2) is 0 Å². The molecule has 0 aromatic heterocycles. The van der Waals surface area contributed by atoms with Crippen molar-refractivity contribution in [2.75, 3.05) is 47.7 Å². The fourth-order valence-corrected chi connectivity index (χ4v) is 2.58. The summed E-state index contributed by atoms with van der Waals surface area (Å²) in [6, 6.07) is 0. The molecule has 0 bridgehead atoms. The van der Waals surface area contributed by atoms with E-state index in [9.17, 15) is 0 Å². The Morgan fingerprint density at radius 3 is 1.62 bits per heavy atom.